The van der Waals surface area contributed by atoms with Crippen molar-refractivity contribution >= 4 is 11.6 Å². The van der Waals surface area contributed by atoms with Crippen LogP contribution in [0.25, 0.3) is 0 Å². The van der Waals surface area contributed by atoms with Crippen LogP contribution in [-0.4, -0.2) is 12.6 Å². The van der Waals surface area contributed by atoms with Gasteiger partial charge >= 0.3 is 0 Å². The molecule has 1 atom stereocenters. The highest BCUT2D eigenvalue weighted by Gasteiger charge is 2.12. The minimum absolute atomic E-state index is 0.655. The molecule has 0 aliphatic carbocycles. The molecule has 14 heavy (non-hydrogen) atoms. The number of rotatable bonds is 2. The Labute approximate surface area is 90.5 Å². The molecule has 0 radical (unpaired) electrons. The Morgan fingerprint density at radius 1 is 1.36 bits per heavy atom. The van der Waals surface area contributed by atoms with Crippen molar-refractivity contribution in [1.29, 1.82) is 0 Å². The first-order chi connectivity index (χ1) is 6.84. The molecule has 1 aromatic carbocycles. The van der Waals surface area contributed by atoms with E-state index >= 15 is 0 Å². The van der Waals surface area contributed by atoms with Crippen molar-refractivity contribution in [2.24, 2.45) is 0 Å². The van der Waals surface area contributed by atoms with E-state index in [9.17, 15) is 0 Å². The third-order valence-corrected chi connectivity index (χ3v) is 3.02. The maximum absolute atomic E-state index is 5.94. The summed E-state index contributed by atoms with van der Waals surface area (Å²) in [5.41, 5.74) is 1.34. The van der Waals surface area contributed by atoms with Crippen LogP contribution in [0.2, 0.25) is 5.02 Å². The predicted octanol–water partition coefficient (Wildman–Crippen LogP) is 3.02. The zero-order chi connectivity index (χ0) is 9.80. The summed E-state index contributed by atoms with van der Waals surface area (Å²) in [6, 6.07) is 8.84. The number of nitrogens with one attached hydrogen (secondary N) is 1. The first-order valence-corrected chi connectivity index (χ1v) is 5.70. The molecule has 1 aromatic rings. The van der Waals surface area contributed by atoms with Crippen LogP contribution in [0.5, 0.6) is 0 Å². The first kappa shape index (κ1) is 10.0. The van der Waals surface area contributed by atoms with Gasteiger partial charge in [0.05, 0.1) is 0 Å². The molecule has 0 spiro atoms. The molecule has 0 amide bonds. The van der Waals surface area contributed by atoms with E-state index in [-0.39, 0.29) is 0 Å². The summed E-state index contributed by atoms with van der Waals surface area (Å²) in [5, 5.41) is 4.39. The highest BCUT2D eigenvalue weighted by atomic mass is 35.5. The standard InChI is InChI=1S/C12H16ClN/c13-11-5-3-4-10(8-11)9-12-6-1-2-7-14-12/h3-5,8,12,14H,1-2,6-7,9H2. The maximum Gasteiger partial charge on any atom is 0.0408 e. The maximum atomic E-state index is 5.94. The predicted molar refractivity (Wildman–Crippen MR) is 60.8 cm³/mol. The second-order valence-electron chi connectivity index (χ2n) is 3.98. The zero-order valence-corrected chi connectivity index (χ0v) is 9.06. The molecular weight excluding hydrogens is 194 g/mol. The van der Waals surface area contributed by atoms with Gasteiger partial charge in [0, 0.05) is 11.1 Å². The van der Waals surface area contributed by atoms with Crippen molar-refractivity contribution < 1.29 is 0 Å². The van der Waals surface area contributed by atoms with Gasteiger partial charge in [0.25, 0.3) is 0 Å². The van der Waals surface area contributed by atoms with Gasteiger partial charge in [-0.1, -0.05) is 30.2 Å². The normalized spacial score (nSPS) is 22.2. The molecule has 1 aliphatic rings. The third-order valence-electron chi connectivity index (χ3n) is 2.78. The third kappa shape index (κ3) is 2.73. The van der Waals surface area contributed by atoms with Crippen LogP contribution in [0.15, 0.2) is 24.3 Å². The fraction of sp³-hybridized carbons (Fsp3) is 0.500. The Bertz CT molecular complexity index is 292. The molecule has 76 valence electrons. The number of hydrogen-bond donors (Lipinski definition) is 1. The van der Waals surface area contributed by atoms with E-state index in [4.69, 9.17) is 11.6 Å². The molecule has 0 aromatic heterocycles. The summed E-state index contributed by atoms with van der Waals surface area (Å²) < 4.78 is 0. The number of benzene rings is 1. The van der Waals surface area contributed by atoms with Crippen molar-refractivity contribution in [3.63, 3.8) is 0 Å². The highest BCUT2D eigenvalue weighted by Crippen LogP contribution is 2.15. The van der Waals surface area contributed by atoms with Crippen LogP contribution in [0.3, 0.4) is 0 Å². The summed E-state index contributed by atoms with van der Waals surface area (Å²) in [6.45, 7) is 1.17. The SMILES string of the molecule is Clc1cccc(CC2CCCCN2)c1. The van der Waals surface area contributed by atoms with E-state index in [0.717, 1.165) is 11.4 Å². The number of piperidine rings is 1. The van der Waals surface area contributed by atoms with E-state index in [1.165, 1.54) is 31.4 Å². The average molecular weight is 210 g/mol. The molecule has 2 rings (SSSR count). The topological polar surface area (TPSA) is 12.0 Å². The summed E-state index contributed by atoms with van der Waals surface area (Å²) in [5.74, 6) is 0. The van der Waals surface area contributed by atoms with Crippen molar-refractivity contribution in [3.05, 3.63) is 34.9 Å². The van der Waals surface area contributed by atoms with Crippen molar-refractivity contribution in [3.8, 4) is 0 Å². The smallest absolute Gasteiger partial charge is 0.0408 e. The van der Waals surface area contributed by atoms with E-state index < -0.39 is 0 Å². The monoisotopic (exact) mass is 209 g/mol. The van der Waals surface area contributed by atoms with Crippen molar-refractivity contribution in [1.82, 2.24) is 5.32 Å². The molecule has 1 nitrogen and oxygen atoms in total. The Morgan fingerprint density at radius 3 is 3.00 bits per heavy atom. The van der Waals surface area contributed by atoms with Gasteiger partial charge in [0.2, 0.25) is 0 Å². The van der Waals surface area contributed by atoms with Crippen LogP contribution in [0.1, 0.15) is 24.8 Å². The number of halogens is 1. The lowest BCUT2D eigenvalue weighted by Crippen LogP contribution is -2.35. The summed E-state index contributed by atoms with van der Waals surface area (Å²) in [4.78, 5) is 0. The quantitative estimate of drug-likeness (QED) is 0.790. The average Bonchev–Trinajstić information content (AvgIpc) is 2.19. The minimum Gasteiger partial charge on any atom is -0.314 e. The molecule has 2 heteroatoms. The van der Waals surface area contributed by atoms with Gasteiger partial charge in [0.1, 0.15) is 0 Å². The van der Waals surface area contributed by atoms with Crippen LogP contribution < -0.4 is 5.32 Å². The largest absolute Gasteiger partial charge is 0.314 e. The van der Waals surface area contributed by atoms with Gasteiger partial charge in [-0.05, 0) is 43.5 Å². The lowest BCUT2D eigenvalue weighted by molar-refractivity contribution is 0.399. The zero-order valence-electron chi connectivity index (χ0n) is 8.30. The number of hydrogen-bond acceptors (Lipinski definition) is 1. The van der Waals surface area contributed by atoms with Gasteiger partial charge in [-0.25, -0.2) is 0 Å². The molecule has 1 unspecified atom stereocenters. The van der Waals surface area contributed by atoms with Crippen LogP contribution >= 0.6 is 11.6 Å². The summed E-state index contributed by atoms with van der Waals surface area (Å²) in [7, 11) is 0. The molecule has 1 fully saturated rings. The molecule has 0 saturated carbocycles. The summed E-state index contributed by atoms with van der Waals surface area (Å²) in [6.07, 6.45) is 5.09. The highest BCUT2D eigenvalue weighted by molar-refractivity contribution is 6.30. The molecule has 1 saturated heterocycles. The van der Waals surface area contributed by atoms with Crippen LogP contribution in [0.4, 0.5) is 0 Å². The van der Waals surface area contributed by atoms with Crippen LogP contribution in [-0.2, 0) is 6.42 Å². The molecule has 1 heterocycles. The lowest BCUT2D eigenvalue weighted by Gasteiger charge is -2.23. The second kappa shape index (κ2) is 4.81. The van der Waals surface area contributed by atoms with Crippen molar-refractivity contribution in [2.45, 2.75) is 31.7 Å². The fourth-order valence-corrected chi connectivity index (χ4v) is 2.26. The van der Waals surface area contributed by atoms with E-state index in [0.29, 0.717) is 6.04 Å². The van der Waals surface area contributed by atoms with Gasteiger partial charge in [0.15, 0.2) is 0 Å². The minimum atomic E-state index is 0.655. The first-order valence-electron chi connectivity index (χ1n) is 5.32. The molecule has 1 N–H and O–H groups in total. The van der Waals surface area contributed by atoms with Gasteiger partial charge in [-0.15, -0.1) is 0 Å². The van der Waals surface area contributed by atoms with Crippen LogP contribution in [0, 0.1) is 0 Å². The fourth-order valence-electron chi connectivity index (χ4n) is 2.05. The Hall–Kier alpha value is -0.530. The second-order valence-corrected chi connectivity index (χ2v) is 4.42. The lowest BCUT2D eigenvalue weighted by atomic mass is 9.98. The van der Waals surface area contributed by atoms with E-state index in [2.05, 4.69) is 17.4 Å². The van der Waals surface area contributed by atoms with Crippen molar-refractivity contribution in [2.75, 3.05) is 6.54 Å². The van der Waals surface area contributed by atoms with E-state index in [1.54, 1.807) is 0 Å². The Morgan fingerprint density at radius 2 is 2.29 bits per heavy atom. The van der Waals surface area contributed by atoms with Gasteiger partial charge in [-0.3, -0.25) is 0 Å². The van der Waals surface area contributed by atoms with Gasteiger partial charge in [-0.2, -0.15) is 0 Å². The molecule has 0 bridgehead atoms. The molecule has 1 aliphatic heterocycles. The summed E-state index contributed by atoms with van der Waals surface area (Å²) >= 11 is 5.94. The van der Waals surface area contributed by atoms with E-state index in [1.807, 2.05) is 12.1 Å². The Kier molecular flexibility index (Phi) is 3.44. The Balaban J connectivity index is 1.95. The van der Waals surface area contributed by atoms with Gasteiger partial charge < -0.3 is 5.32 Å². The molecular formula is C12H16ClN.